The average Bonchev–Trinajstić information content (AvgIpc) is 2.52. The van der Waals surface area contributed by atoms with Gasteiger partial charge in [-0.1, -0.05) is 0 Å². The van der Waals surface area contributed by atoms with Crippen molar-refractivity contribution in [2.75, 3.05) is 6.61 Å². The molecule has 1 aromatic heterocycles. The smallest absolute Gasteiger partial charge is 0.307 e. The van der Waals surface area contributed by atoms with Crippen molar-refractivity contribution in [3.8, 4) is 0 Å². The van der Waals surface area contributed by atoms with Crippen molar-refractivity contribution in [2.24, 2.45) is 5.73 Å². The SMILES string of the molecule is CCOC(=O)C[C@@H](N)c1csc(C)n1. The second kappa shape index (κ2) is 5.07. The Balaban J connectivity index is 2.50. The topological polar surface area (TPSA) is 65.2 Å². The van der Waals surface area contributed by atoms with Gasteiger partial charge in [-0.2, -0.15) is 0 Å². The molecule has 0 aliphatic heterocycles. The lowest BCUT2D eigenvalue weighted by molar-refractivity contribution is -0.143. The van der Waals surface area contributed by atoms with Gasteiger partial charge in [0.1, 0.15) is 0 Å². The number of hydrogen-bond acceptors (Lipinski definition) is 5. The van der Waals surface area contributed by atoms with Gasteiger partial charge in [0.25, 0.3) is 0 Å². The molecule has 1 heterocycles. The van der Waals surface area contributed by atoms with Gasteiger partial charge < -0.3 is 10.5 Å². The van der Waals surface area contributed by atoms with Crippen LogP contribution in [0, 0.1) is 6.92 Å². The van der Waals surface area contributed by atoms with Crippen molar-refractivity contribution in [1.82, 2.24) is 4.98 Å². The Morgan fingerprint density at radius 1 is 1.79 bits per heavy atom. The Labute approximate surface area is 87.1 Å². The van der Waals surface area contributed by atoms with Crippen molar-refractivity contribution >= 4 is 17.3 Å². The van der Waals surface area contributed by atoms with E-state index in [9.17, 15) is 4.79 Å². The molecule has 2 N–H and O–H groups in total. The van der Waals surface area contributed by atoms with Crippen LogP contribution in [0.4, 0.5) is 0 Å². The second-order valence-corrected chi connectivity index (χ2v) is 3.97. The van der Waals surface area contributed by atoms with Crippen molar-refractivity contribution in [3.63, 3.8) is 0 Å². The van der Waals surface area contributed by atoms with Gasteiger partial charge >= 0.3 is 5.97 Å². The van der Waals surface area contributed by atoms with E-state index in [1.54, 1.807) is 6.92 Å². The number of carbonyl (C=O) groups is 1. The minimum Gasteiger partial charge on any atom is -0.466 e. The zero-order valence-electron chi connectivity index (χ0n) is 8.32. The maximum Gasteiger partial charge on any atom is 0.307 e. The molecule has 0 amide bonds. The summed E-state index contributed by atoms with van der Waals surface area (Å²) in [6, 6.07) is -0.348. The summed E-state index contributed by atoms with van der Waals surface area (Å²) in [5.41, 5.74) is 6.55. The number of rotatable bonds is 4. The first-order valence-electron chi connectivity index (χ1n) is 4.46. The van der Waals surface area contributed by atoms with Gasteiger partial charge in [-0.05, 0) is 13.8 Å². The largest absolute Gasteiger partial charge is 0.466 e. The minimum atomic E-state index is -0.348. The Hall–Kier alpha value is -0.940. The van der Waals surface area contributed by atoms with E-state index >= 15 is 0 Å². The number of nitrogens with zero attached hydrogens (tertiary/aromatic N) is 1. The standard InChI is InChI=1S/C9H14N2O2S/c1-3-13-9(12)4-7(10)8-5-14-6(2)11-8/h5,7H,3-4,10H2,1-2H3/t7-/m1/s1. The zero-order chi connectivity index (χ0) is 10.6. The molecule has 0 spiro atoms. The molecular formula is C9H14N2O2S. The normalized spacial score (nSPS) is 12.5. The molecule has 1 atom stereocenters. The minimum absolute atomic E-state index is 0.191. The third-order valence-electron chi connectivity index (χ3n) is 1.71. The fraction of sp³-hybridized carbons (Fsp3) is 0.556. The number of aryl methyl sites for hydroxylation is 1. The Kier molecular flexibility index (Phi) is 4.03. The lowest BCUT2D eigenvalue weighted by atomic mass is 10.2. The predicted molar refractivity (Wildman–Crippen MR) is 55.0 cm³/mol. The fourth-order valence-corrected chi connectivity index (χ4v) is 1.73. The van der Waals surface area contributed by atoms with Crippen molar-refractivity contribution in [1.29, 1.82) is 0 Å². The molecule has 4 nitrogen and oxygen atoms in total. The molecular weight excluding hydrogens is 200 g/mol. The third-order valence-corrected chi connectivity index (χ3v) is 2.50. The molecule has 0 saturated heterocycles. The van der Waals surface area contributed by atoms with Crippen LogP contribution < -0.4 is 5.73 Å². The lowest BCUT2D eigenvalue weighted by Crippen LogP contribution is -2.17. The van der Waals surface area contributed by atoms with Crippen molar-refractivity contribution in [3.05, 3.63) is 16.1 Å². The van der Waals surface area contributed by atoms with Gasteiger partial charge in [0.2, 0.25) is 0 Å². The number of ether oxygens (including phenoxy) is 1. The summed E-state index contributed by atoms with van der Waals surface area (Å²) in [7, 11) is 0. The van der Waals surface area contributed by atoms with Crippen LogP contribution in [0.1, 0.15) is 30.1 Å². The van der Waals surface area contributed by atoms with E-state index < -0.39 is 0 Å². The number of hydrogen-bond donors (Lipinski definition) is 1. The van der Waals surface area contributed by atoms with Crippen LogP contribution in [0.2, 0.25) is 0 Å². The van der Waals surface area contributed by atoms with Crippen LogP contribution in [0.5, 0.6) is 0 Å². The molecule has 0 unspecified atom stereocenters. The predicted octanol–water partition coefficient (Wildman–Crippen LogP) is 1.40. The maximum atomic E-state index is 11.1. The molecule has 1 rings (SSSR count). The van der Waals surface area contributed by atoms with E-state index in [2.05, 4.69) is 4.98 Å². The van der Waals surface area contributed by atoms with E-state index in [0.29, 0.717) is 6.61 Å². The van der Waals surface area contributed by atoms with E-state index in [-0.39, 0.29) is 18.4 Å². The van der Waals surface area contributed by atoms with Crippen LogP contribution in [-0.4, -0.2) is 17.6 Å². The Morgan fingerprint density at radius 3 is 3.00 bits per heavy atom. The van der Waals surface area contributed by atoms with Crippen LogP contribution in [0.15, 0.2) is 5.38 Å². The molecule has 1 aromatic rings. The molecule has 0 saturated carbocycles. The number of esters is 1. The molecule has 0 fully saturated rings. The fourth-order valence-electron chi connectivity index (χ4n) is 1.05. The number of thiazole rings is 1. The summed E-state index contributed by atoms with van der Waals surface area (Å²) >= 11 is 1.53. The molecule has 0 bridgehead atoms. The third kappa shape index (κ3) is 3.08. The molecule has 0 aliphatic rings. The molecule has 14 heavy (non-hydrogen) atoms. The van der Waals surface area contributed by atoms with Crippen LogP contribution in [0.25, 0.3) is 0 Å². The molecule has 0 aromatic carbocycles. The summed E-state index contributed by atoms with van der Waals surface area (Å²) < 4.78 is 4.80. The molecule has 0 aliphatic carbocycles. The van der Waals surface area contributed by atoms with Gasteiger partial charge in [-0.25, -0.2) is 4.98 Å². The van der Waals surface area contributed by atoms with Crippen LogP contribution in [0.3, 0.4) is 0 Å². The first-order chi connectivity index (χ1) is 6.63. The number of aromatic nitrogens is 1. The summed E-state index contributed by atoms with van der Waals surface area (Å²) in [5.74, 6) is -0.273. The highest BCUT2D eigenvalue weighted by Crippen LogP contribution is 2.17. The van der Waals surface area contributed by atoms with E-state index in [4.69, 9.17) is 10.5 Å². The van der Waals surface area contributed by atoms with Gasteiger partial charge in [0, 0.05) is 5.38 Å². The van der Waals surface area contributed by atoms with Crippen molar-refractivity contribution in [2.45, 2.75) is 26.3 Å². The van der Waals surface area contributed by atoms with E-state index in [1.807, 2.05) is 12.3 Å². The highest BCUT2D eigenvalue weighted by Gasteiger charge is 2.14. The Bertz CT molecular complexity index is 312. The molecule has 78 valence electrons. The summed E-state index contributed by atoms with van der Waals surface area (Å²) in [6.45, 7) is 4.07. The average molecular weight is 214 g/mol. The molecule has 5 heteroatoms. The number of carbonyl (C=O) groups excluding carboxylic acids is 1. The van der Waals surface area contributed by atoms with Crippen LogP contribution >= 0.6 is 11.3 Å². The monoisotopic (exact) mass is 214 g/mol. The van der Waals surface area contributed by atoms with Gasteiger partial charge in [-0.15, -0.1) is 11.3 Å². The second-order valence-electron chi connectivity index (χ2n) is 2.91. The highest BCUT2D eigenvalue weighted by molar-refractivity contribution is 7.09. The summed E-state index contributed by atoms with van der Waals surface area (Å²) in [4.78, 5) is 15.3. The summed E-state index contributed by atoms with van der Waals surface area (Å²) in [5, 5.41) is 2.83. The maximum absolute atomic E-state index is 11.1. The Morgan fingerprint density at radius 2 is 2.50 bits per heavy atom. The van der Waals surface area contributed by atoms with Crippen molar-refractivity contribution < 1.29 is 9.53 Å². The highest BCUT2D eigenvalue weighted by atomic mass is 32.1. The van der Waals surface area contributed by atoms with E-state index in [0.717, 1.165) is 10.7 Å². The first kappa shape index (κ1) is 11.1. The van der Waals surface area contributed by atoms with Crippen LogP contribution in [-0.2, 0) is 9.53 Å². The van der Waals surface area contributed by atoms with Gasteiger partial charge in [-0.3, -0.25) is 4.79 Å². The summed E-state index contributed by atoms with van der Waals surface area (Å²) in [6.07, 6.45) is 0.191. The quantitative estimate of drug-likeness (QED) is 0.769. The first-order valence-corrected chi connectivity index (χ1v) is 5.34. The number of nitrogens with two attached hydrogens (primary N) is 1. The molecule has 0 radical (unpaired) electrons. The lowest BCUT2D eigenvalue weighted by Gasteiger charge is -2.07. The zero-order valence-corrected chi connectivity index (χ0v) is 9.13. The van der Waals surface area contributed by atoms with E-state index in [1.165, 1.54) is 11.3 Å². The van der Waals surface area contributed by atoms with Gasteiger partial charge in [0.05, 0.1) is 29.8 Å². The van der Waals surface area contributed by atoms with Gasteiger partial charge in [0.15, 0.2) is 0 Å².